The SMILES string of the molecule is Cc1ccc(C(=O)Nc2ccc(C(=O)N/N=C/c3cccc([N+](=O)[O-])c3OC(=O)c3ccco3)cc2)cc1. The number of ether oxygens (including phenoxy) is 1. The molecule has 0 saturated heterocycles. The number of nitro groups is 1. The summed E-state index contributed by atoms with van der Waals surface area (Å²) in [6.45, 7) is 1.93. The van der Waals surface area contributed by atoms with E-state index in [2.05, 4.69) is 15.8 Å². The number of nitrogens with one attached hydrogen (secondary N) is 2. The smallest absolute Gasteiger partial charge is 0.379 e. The van der Waals surface area contributed by atoms with Crippen molar-refractivity contribution >= 4 is 35.4 Å². The van der Waals surface area contributed by atoms with Gasteiger partial charge in [-0.1, -0.05) is 23.8 Å². The molecule has 2 amide bonds. The molecule has 0 unspecified atom stereocenters. The van der Waals surface area contributed by atoms with Crippen molar-refractivity contribution in [2.24, 2.45) is 5.10 Å². The van der Waals surface area contributed by atoms with Gasteiger partial charge >= 0.3 is 11.7 Å². The number of esters is 1. The Labute approximate surface area is 215 Å². The molecule has 3 aromatic carbocycles. The third-order valence-corrected chi connectivity index (χ3v) is 5.23. The number of nitrogens with zero attached hydrogens (tertiary/aromatic N) is 2. The lowest BCUT2D eigenvalue weighted by Crippen LogP contribution is -2.18. The number of amides is 2. The zero-order valence-corrected chi connectivity index (χ0v) is 19.9. The number of hydrogen-bond donors (Lipinski definition) is 2. The number of anilines is 1. The molecule has 190 valence electrons. The van der Waals surface area contributed by atoms with Gasteiger partial charge in [0.05, 0.1) is 17.4 Å². The summed E-state index contributed by atoms with van der Waals surface area (Å²) in [4.78, 5) is 47.9. The van der Waals surface area contributed by atoms with Crippen LogP contribution in [0.1, 0.15) is 42.4 Å². The van der Waals surface area contributed by atoms with Crippen molar-refractivity contribution in [2.75, 3.05) is 5.32 Å². The Morgan fingerprint density at radius 2 is 1.61 bits per heavy atom. The van der Waals surface area contributed by atoms with Gasteiger partial charge in [0.25, 0.3) is 11.8 Å². The first-order valence-electron chi connectivity index (χ1n) is 11.2. The van der Waals surface area contributed by atoms with Crippen LogP contribution in [0.3, 0.4) is 0 Å². The van der Waals surface area contributed by atoms with Crippen molar-refractivity contribution in [1.82, 2.24) is 5.43 Å². The van der Waals surface area contributed by atoms with E-state index in [1.165, 1.54) is 48.7 Å². The average molecular weight is 512 g/mol. The minimum absolute atomic E-state index is 0.0774. The molecule has 0 saturated carbocycles. The Bertz CT molecular complexity index is 1510. The Hall–Kier alpha value is -5.58. The number of carbonyl (C=O) groups is 3. The van der Waals surface area contributed by atoms with Gasteiger partial charge in [-0.15, -0.1) is 0 Å². The molecule has 0 aliphatic rings. The predicted molar refractivity (Wildman–Crippen MR) is 137 cm³/mol. The number of carbonyl (C=O) groups excluding carboxylic acids is 3. The zero-order chi connectivity index (χ0) is 27.1. The summed E-state index contributed by atoms with van der Waals surface area (Å²) >= 11 is 0. The lowest BCUT2D eigenvalue weighted by atomic mass is 10.1. The molecule has 0 atom stereocenters. The van der Waals surface area contributed by atoms with Gasteiger partial charge in [-0.3, -0.25) is 19.7 Å². The molecule has 2 N–H and O–H groups in total. The summed E-state index contributed by atoms with van der Waals surface area (Å²) in [5.41, 5.74) is 4.20. The maximum absolute atomic E-state index is 12.5. The number of benzene rings is 3. The van der Waals surface area contributed by atoms with Crippen molar-refractivity contribution in [1.29, 1.82) is 0 Å². The van der Waals surface area contributed by atoms with Crippen LogP contribution in [0.15, 0.2) is 94.6 Å². The largest absolute Gasteiger partial charge is 0.457 e. The van der Waals surface area contributed by atoms with E-state index in [-0.39, 0.29) is 28.5 Å². The Balaban J connectivity index is 1.42. The monoisotopic (exact) mass is 512 g/mol. The molecule has 0 aliphatic heterocycles. The van der Waals surface area contributed by atoms with Crippen molar-refractivity contribution in [3.05, 3.63) is 123 Å². The molecule has 11 nitrogen and oxygen atoms in total. The number of furan rings is 1. The standard InChI is InChI=1S/C27H20N4O7/c1-17-7-9-18(10-8-17)25(32)29-21-13-11-19(12-14-21)26(33)30-28-16-20-4-2-5-22(31(35)36)24(20)38-27(34)23-6-3-15-37-23/h2-16H,1H3,(H,29,32)(H,30,33)/b28-16+. The van der Waals surface area contributed by atoms with Crippen LogP contribution in [-0.4, -0.2) is 28.9 Å². The first kappa shape index (κ1) is 25.5. The van der Waals surface area contributed by atoms with Crippen LogP contribution in [-0.2, 0) is 0 Å². The van der Waals surface area contributed by atoms with Crippen LogP contribution < -0.4 is 15.5 Å². The topological polar surface area (TPSA) is 153 Å². The van der Waals surface area contributed by atoms with E-state index < -0.39 is 22.5 Å². The molecule has 0 radical (unpaired) electrons. The maximum Gasteiger partial charge on any atom is 0.379 e. The third kappa shape index (κ3) is 6.15. The highest BCUT2D eigenvalue weighted by molar-refractivity contribution is 6.04. The highest BCUT2D eigenvalue weighted by Gasteiger charge is 2.23. The second kappa shape index (κ2) is 11.4. The van der Waals surface area contributed by atoms with Gasteiger partial charge < -0.3 is 14.5 Å². The molecule has 0 fully saturated rings. The van der Waals surface area contributed by atoms with Crippen LogP contribution in [0.4, 0.5) is 11.4 Å². The second-order valence-corrected chi connectivity index (χ2v) is 7.92. The van der Waals surface area contributed by atoms with E-state index in [1.54, 1.807) is 24.3 Å². The van der Waals surface area contributed by atoms with Crippen molar-refractivity contribution in [3.8, 4) is 5.75 Å². The van der Waals surface area contributed by atoms with Crippen LogP contribution in [0.5, 0.6) is 5.75 Å². The Morgan fingerprint density at radius 3 is 2.26 bits per heavy atom. The molecule has 0 aliphatic carbocycles. The molecule has 4 rings (SSSR count). The summed E-state index contributed by atoms with van der Waals surface area (Å²) in [7, 11) is 0. The van der Waals surface area contributed by atoms with E-state index in [4.69, 9.17) is 9.15 Å². The average Bonchev–Trinajstić information content (AvgIpc) is 3.45. The summed E-state index contributed by atoms with van der Waals surface area (Å²) in [6, 6.07) is 20.0. The van der Waals surface area contributed by atoms with Crippen LogP contribution in [0.25, 0.3) is 0 Å². The van der Waals surface area contributed by atoms with E-state index in [0.29, 0.717) is 11.3 Å². The van der Waals surface area contributed by atoms with Crippen molar-refractivity contribution in [3.63, 3.8) is 0 Å². The zero-order valence-electron chi connectivity index (χ0n) is 19.9. The number of hydrogen-bond acceptors (Lipinski definition) is 8. The lowest BCUT2D eigenvalue weighted by molar-refractivity contribution is -0.385. The molecule has 0 spiro atoms. The van der Waals surface area contributed by atoms with Gasteiger partial charge in [0.1, 0.15) is 0 Å². The van der Waals surface area contributed by atoms with Gasteiger partial charge in [0.15, 0.2) is 0 Å². The molecule has 1 heterocycles. The number of rotatable bonds is 8. The van der Waals surface area contributed by atoms with Crippen molar-refractivity contribution < 1.29 is 28.5 Å². The summed E-state index contributed by atoms with van der Waals surface area (Å²) < 4.78 is 10.2. The highest BCUT2D eigenvalue weighted by Crippen LogP contribution is 2.30. The first-order valence-corrected chi connectivity index (χ1v) is 11.2. The van der Waals surface area contributed by atoms with Crippen LogP contribution in [0, 0.1) is 17.0 Å². The van der Waals surface area contributed by atoms with Gasteiger partial charge in [0, 0.05) is 28.4 Å². The summed E-state index contributed by atoms with van der Waals surface area (Å²) in [6.07, 6.45) is 2.38. The van der Waals surface area contributed by atoms with Crippen LogP contribution >= 0.6 is 0 Å². The van der Waals surface area contributed by atoms with Gasteiger partial charge in [-0.2, -0.15) is 5.10 Å². The highest BCUT2D eigenvalue weighted by atomic mass is 16.6. The summed E-state index contributed by atoms with van der Waals surface area (Å²) in [5.74, 6) is -2.29. The molecular formula is C27H20N4O7. The second-order valence-electron chi connectivity index (χ2n) is 7.92. The molecule has 4 aromatic rings. The molecular weight excluding hydrogens is 492 g/mol. The summed E-state index contributed by atoms with van der Waals surface area (Å²) in [5, 5.41) is 18.0. The van der Waals surface area contributed by atoms with Gasteiger partial charge in [-0.05, 0) is 61.5 Å². The number of hydrazone groups is 1. The van der Waals surface area contributed by atoms with Crippen molar-refractivity contribution in [2.45, 2.75) is 6.92 Å². The normalized spacial score (nSPS) is 10.7. The first-order chi connectivity index (χ1) is 18.3. The van der Waals surface area contributed by atoms with E-state index in [9.17, 15) is 24.5 Å². The number of nitro benzene ring substituents is 1. The Kier molecular flexibility index (Phi) is 7.68. The van der Waals surface area contributed by atoms with Gasteiger partial charge in [-0.25, -0.2) is 10.2 Å². The fourth-order valence-electron chi connectivity index (χ4n) is 3.27. The molecule has 38 heavy (non-hydrogen) atoms. The van der Waals surface area contributed by atoms with E-state index >= 15 is 0 Å². The predicted octanol–water partition coefficient (Wildman–Crippen LogP) is 4.73. The van der Waals surface area contributed by atoms with E-state index in [1.807, 2.05) is 19.1 Å². The van der Waals surface area contributed by atoms with Gasteiger partial charge in [0.2, 0.25) is 11.5 Å². The lowest BCUT2D eigenvalue weighted by Gasteiger charge is -2.07. The number of aryl methyl sites for hydroxylation is 1. The third-order valence-electron chi connectivity index (χ3n) is 5.23. The quantitative estimate of drug-likeness (QED) is 0.114. The Morgan fingerprint density at radius 1 is 0.921 bits per heavy atom. The van der Waals surface area contributed by atoms with Crippen LogP contribution in [0.2, 0.25) is 0 Å². The fraction of sp³-hybridized carbons (Fsp3) is 0.0370. The molecule has 1 aromatic heterocycles. The maximum atomic E-state index is 12.5. The minimum Gasteiger partial charge on any atom is -0.457 e. The fourth-order valence-corrected chi connectivity index (χ4v) is 3.27. The number of para-hydroxylation sites is 1. The molecule has 11 heteroatoms. The molecule has 0 bridgehead atoms. The minimum atomic E-state index is -0.933. The van der Waals surface area contributed by atoms with E-state index in [0.717, 1.165) is 11.8 Å².